The summed E-state index contributed by atoms with van der Waals surface area (Å²) in [6.45, 7) is 0. The fraction of sp³-hybridized carbons (Fsp3) is 0. The number of carbonyl (C=O) groups is 2. The number of azo groups is 2. The lowest BCUT2D eigenvalue weighted by molar-refractivity contribution is 0.0686. The van der Waals surface area contributed by atoms with Crippen LogP contribution in [0.4, 0.5) is 34.1 Å². The molecule has 3 aromatic rings. The van der Waals surface area contributed by atoms with Crippen molar-refractivity contribution in [3.05, 3.63) is 65.7 Å². The first-order chi connectivity index (χ1) is 16.0. The molecule has 34 heavy (non-hydrogen) atoms. The van der Waals surface area contributed by atoms with Crippen molar-refractivity contribution in [2.75, 3.05) is 11.5 Å². The Morgan fingerprint density at radius 2 is 1.44 bits per heavy atom. The van der Waals surface area contributed by atoms with Gasteiger partial charge in [-0.25, -0.2) is 9.59 Å². The molecule has 0 saturated carbocycles. The van der Waals surface area contributed by atoms with Gasteiger partial charge in [-0.15, -0.1) is 15.3 Å². The molecule has 0 aliphatic rings. The summed E-state index contributed by atoms with van der Waals surface area (Å²) in [7, 11) is -4.86. The van der Waals surface area contributed by atoms with E-state index in [4.69, 9.17) is 16.6 Å². The normalized spacial score (nSPS) is 11.8. The van der Waals surface area contributed by atoms with E-state index in [1.165, 1.54) is 48.5 Å². The Kier molecular flexibility index (Phi) is 6.65. The van der Waals surface area contributed by atoms with Gasteiger partial charge >= 0.3 is 11.9 Å². The molecule has 0 amide bonds. The van der Waals surface area contributed by atoms with E-state index in [0.717, 1.165) is 6.07 Å². The third-order valence-corrected chi connectivity index (χ3v) is 5.25. The van der Waals surface area contributed by atoms with Crippen molar-refractivity contribution in [2.45, 2.75) is 4.90 Å². The molecule has 0 spiro atoms. The molecule has 0 unspecified atom stereocenters. The summed E-state index contributed by atoms with van der Waals surface area (Å²) >= 11 is 0. The molecular weight excluding hydrogens is 468 g/mol. The molecule has 0 radical (unpaired) electrons. The number of carboxylic acids is 2. The lowest BCUT2D eigenvalue weighted by Crippen LogP contribution is -2.05. The van der Waals surface area contributed by atoms with Gasteiger partial charge < -0.3 is 21.7 Å². The van der Waals surface area contributed by atoms with E-state index < -0.39 is 32.6 Å². The topological polar surface area (TPSA) is 230 Å². The van der Waals surface area contributed by atoms with Crippen LogP contribution in [0, 0.1) is 0 Å². The van der Waals surface area contributed by atoms with Crippen molar-refractivity contribution in [1.29, 1.82) is 0 Å². The highest BCUT2D eigenvalue weighted by Crippen LogP contribution is 2.43. The summed E-state index contributed by atoms with van der Waals surface area (Å²) in [5.41, 5.74) is 10.2. The zero-order valence-electron chi connectivity index (χ0n) is 17.0. The van der Waals surface area contributed by atoms with Gasteiger partial charge in [-0.1, -0.05) is 18.2 Å². The summed E-state index contributed by atoms with van der Waals surface area (Å²) in [6, 6.07) is 11.9. The van der Waals surface area contributed by atoms with Crippen LogP contribution in [0.5, 0.6) is 0 Å². The van der Waals surface area contributed by atoms with Gasteiger partial charge in [0.1, 0.15) is 22.0 Å². The number of nitrogens with two attached hydrogens (primary N) is 2. The summed E-state index contributed by atoms with van der Waals surface area (Å²) in [5.74, 6) is -2.47. The molecule has 174 valence electrons. The maximum Gasteiger partial charge on any atom is 0.337 e. The maximum atomic E-state index is 11.8. The van der Waals surface area contributed by atoms with Gasteiger partial charge in [-0.2, -0.15) is 13.5 Å². The third-order valence-electron chi connectivity index (χ3n) is 4.36. The van der Waals surface area contributed by atoms with Crippen molar-refractivity contribution < 1.29 is 32.8 Å². The molecule has 13 nitrogen and oxygen atoms in total. The van der Waals surface area contributed by atoms with Crippen LogP contribution in [-0.4, -0.2) is 35.1 Å². The molecule has 0 aliphatic heterocycles. The minimum absolute atomic E-state index is 0.0479. The Balaban J connectivity index is 2.14. The molecule has 0 bridgehead atoms. The molecule has 0 saturated heterocycles. The standard InChI is InChI=1S/C20H16N6O7S/c21-16-14(25-24-13-7-2-1-6-12(13)20(29)30)9-15(34(31,32)33)17(22)18(16)26-23-11-5-3-4-10(8-11)19(27)28/h1-9H,21-22H2,(H,27,28)(H,29,30)(H,31,32,33). The molecule has 3 aromatic carbocycles. The van der Waals surface area contributed by atoms with Gasteiger partial charge in [-0.05, 0) is 36.4 Å². The van der Waals surface area contributed by atoms with Crippen LogP contribution in [0.2, 0.25) is 0 Å². The second kappa shape index (κ2) is 9.43. The van der Waals surface area contributed by atoms with Gasteiger partial charge in [-0.3, -0.25) is 4.55 Å². The van der Waals surface area contributed by atoms with Crippen molar-refractivity contribution in [3.63, 3.8) is 0 Å². The number of anilines is 2. The number of aromatic carboxylic acids is 2. The molecule has 7 N–H and O–H groups in total. The average Bonchev–Trinajstić information content (AvgIpc) is 2.78. The van der Waals surface area contributed by atoms with E-state index in [-0.39, 0.29) is 39.6 Å². The quantitative estimate of drug-likeness (QED) is 0.182. The predicted molar refractivity (Wildman–Crippen MR) is 120 cm³/mol. The van der Waals surface area contributed by atoms with Crippen molar-refractivity contribution in [1.82, 2.24) is 0 Å². The highest BCUT2D eigenvalue weighted by atomic mass is 32.2. The van der Waals surface area contributed by atoms with Crippen LogP contribution in [-0.2, 0) is 10.1 Å². The van der Waals surface area contributed by atoms with E-state index in [1.807, 2.05) is 0 Å². The van der Waals surface area contributed by atoms with Gasteiger partial charge in [0.05, 0.1) is 28.2 Å². The van der Waals surface area contributed by atoms with Crippen LogP contribution in [0.15, 0.2) is 79.9 Å². The Morgan fingerprint density at radius 1 is 0.765 bits per heavy atom. The molecule has 14 heteroatoms. The molecule has 0 heterocycles. The number of carboxylic acid groups (broad SMARTS) is 2. The Morgan fingerprint density at radius 3 is 2.09 bits per heavy atom. The number of rotatable bonds is 7. The zero-order valence-corrected chi connectivity index (χ0v) is 17.8. The van der Waals surface area contributed by atoms with Crippen LogP contribution >= 0.6 is 0 Å². The molecule has 0 aromatic heterocycles. The second-order valence-electron chi connectivity index (χ2n) is 6.62. The number of nitrogens with zero attached hydrogens (tertiary/aromatic N) is 4. The Hall–Kier alpha value is -4.69. The largest absolute Gasteiger partial charge is 0.478 e. The van der Waals surface area contributed by atoms with Gasteiger partial charge in [0.15, 0.2) is 0 Å². The van der Waals surface area contributed by atoms with Crippen molar-refractivity contribution in [3.8, 4) is 0 Å². The summed E-state index contributed by atoms with van der Waals surface area (Å²) in [5, 5.41) is 33.6. The Bertz CT molecular complexity index is 1470. The zero-order chi connectivity index (χ0) is 25.0. The maximum absolute atomic E-state index is 11.8. The number of nitrogen functional groups attached to an aromatic ring is 2. The molecule has 0 fully saturated rings. The predicted octanol–water partition coefficient (Wildman–Crippen LogP) is 4.32. The lowest BCUT2D eigenvalue weighted by atomic mass is 10.2. The molecular formula is C20H16N6O7S. The summed E-state index contributed by atoms with van der Waals surface area (Å²) in [4.78, 5) is 21.7. The van der Waals surface area contributed by atoms with Crippen LogP contribution in [0.25, 0.3) is 0 Å². The van der Waals surface area contributed by atoms with E-state index in [9.17, 15) is 27.7 Å². The van der Waals surface area contributed by atoms with E-state index in [1.54, 1.807) is 0 Å². The SMILES string of the molecule is Nc1c(N=Nc2ccccc2C(=O)O)cc(S(=O)(=O)O)c(N)c1N=Nc1cccc(C(=O)O)c1. The van der Waals surface area contributed by atoms with Gasteiger partial charge in [0, 0.05) is 0 Å². The minimum atomic E-state index is -4.86. The van der Waals surface area contributed by atoms with Gasteiger partial charge in [0.2, 0.25) is 0 Å². The monoisotopic (exact) mass is 484 g/mol. The van der Waals surface area contributed by atoms with Crippen LogP contribution < -0.4 is 11.5 Å². The first-order valence-corrected chi connectivity index (χ1v) is 10.6. The smallest absolute Gasteiger partial charge is 0.337 e. The summed E-state index contributed by atoms with van der Waals surface area (Å²) < 4.78 is 33.2. The lowest BCUT2D eigenvalue weighted by Gasteiger charge is -2.10. The molecule has 0 atom stereocenters. The summed E-state index contributed by atoms with van der Waals surface area (Å²) in [6.07, 6.45) is 0. The van der Waals surface area contributed by atoms with E-state index in [2.05, 4.69) is 20.5 Å². The second-order valence-corrected chi connectivity index (χ2v) is 8.01. The fourth-order valence-corrected chi connectivity index (χ4v) is 3.36. The first kappa shape index (κ1) is 24.0. The molecule has 3 rings (SSSR count). The van der Waals surface area contributed by atoms with E-state index >= 15 is 0 Å². The van der Waals surface area contributed by atoms with Crippen molar-refractivity contribution in [2.24, 2.45) is 20.5 Å². The van der Waals surface area contributed by atoms with E-state index in [0.29, 0.717) is 0 Å². The number of benzene rings is 3. The van der Waals surface area contributed by atoms with Crippen LogP contribution in [0.1, 0.15) is 20.7 Å². The van der Waals surface area contributed by atoms with Crippen LogP contribution in [0.3, 0.4) is 0 Å². The minimum Gasteiger partial charge on any atom is -0.478 e. The third kappa shape index (κ3) is 5.20. The Labute approximate surface area is 191 Å². The average molecular weight is 484 g/mol. The highest BCUT2D eigenvalue weighted by molar-refractivity contribution is 7.86. The first-order valence-electron chi connectivity index (χ1n) is 9.17. The molecule has 0 aliphatic carbocycles. The highest BCUT2D eigenvalue weighted by Gasteiger charge is 2.22. The van der Waals surface area contributed by atoms with Crippen molar-refractivity contribution >= 4 is 56.2 Å². The number of hydrogen-bond acceptors (Lipinski definition) is 10. The fourth-order valence-electron chi connectivity index (χ4n) is 2.72. The number of hydrogen-bond donors (Lipinski definition) is 5. The van der Waals surface area contributed by atoms with Gasteiger partial charge in [0.25, 0.3) is 10.1 Å².